The Labute approximate surface area is 232 Å². The highest BCUT2D eigenvalue weighted by Gasteiger charge is 2.39. The minimum Gasteiger partial charge on any atom is -0.486 e. The third-order valence-electron chi connectivity index (χ3n) is 6.76. The lowest BCUT2D eigenvalue weighted by Crippen LogP contribution is -2.46. The van der Waals surface area contributed by atoms with Gasteiger partial charge in [-0.05, 0) is 66.9 Å². The number of sulfonamides is 1. The van der Waals surface area contributed by atoms with Crippen LogP contribution in [-0.4, -0.2) is 33.5 Å². The first kappa shape index (κ1) is 30.2. The average Bonchev–Trinajstić information content (AvgIpc) is 2.86. The number of hydrogen-bond acceptors (Lipinski definition) is 5. The van der Waals surface area contributed by atoms with Crippen molar-refractivity contribution in [2.45, 2.75) is 51.0 Å². The first-order valence-corrected chi connectivity index (χ1v) is 13.7. The summed E-state index contributed by atoms with van der Waals surface area (Å²) < 4.78 is 119. The molecule has 3 aromatic carbocycles. The Kier molecular flexibility index (Phi) is 8.05. The van der Waals surface area contributed by atoms with Crippen LogP contribution in [-0.2, 0) is 21.0 Å². The Morgan fingerprint density at radius 1 is 1.05 bits per heavy atom. The number of alkyl halides is 5. The van der Waals surface area contributed by atoms with Crippen LogP contribution in [0.25, 0.3) is 11.1 Å². The van der Waals surface area contributed by atoms with Crippen LogP contribution >= 0.6 is 0 Å². The Bertz CT molecular complexity index is 1570. The van der Waals surface area contributed by atoms with Crippen molar-refractivity contribution in [3.05, 3.63) is 72.0 Å². The highest BCUT2D eigenvalue weighted by atomic mass is 32.2. The van der Waals surface area contributed by atoms with Crippen LogP contribution in [0.3, 0.4) is 0 Å². The van der Waals surface area contributed by atoms with Gasteiger partial charge in [-0.1, -0.05) is 26.0 Å². The summed E-state index contributed by atoms with van der Waals surface area (Å²) >= 11 is 0. The van der Waals surface area contributed by atoms with Crippen molar-refractivity contribution in [3.8, 4) is 22.6 Å². The third-order valence-corrected chi connectivity index (χ3v) is 8.54. The maximum atomic E-state index is 14.2. The smallest absolute Gasteiger partial charge is 0.416 e. The van der Waals surface area contributed by atoms with E-state index in [-0.39, 0.29) is 41.3 Å². The first-order chi connectivity index (χ1) is 19.0. The number of Topliss-reactive ketones (excluding diaryl/α,β-unsaturated/α-hetero) is 1. The van der Waals surface area contributed by atoms with Crippen molar-refractivity contribution in [3.63, 3.8) is 0 Å². The second-order valence-electron chi connectivity index (χ2n) is 10.2. The van der Waals surface area contributed by atoms with E-state index in [1.54, 1.807) is 13.8 Å². The lowest BCUT2D eigenvalue weighted by atomic mass is 9.82. The van der Waals surface area contributed by atoms with Gasteiger partial charge >= 0.3 is 12.8 Å². The largest absolute Gasteiger partial charge is 0.486 e. The van der Waals surface area contributed by atoms with Gasteiger partial charge in [-0.2, -0.15) is 22.0 Å². The predicted molar refractivity (Wildman–Crippen MR) is 138 cm³/mol. The molecule has 220 valence electrons. The molecule has 0 radical (unpaired) electrons. The number of halogens is 6. The van der Waals surface area contributed by atoms with Gasteiger partial charge in [0.15, 0.2) is 0 Å². The zero-order valence-electron chi connectivity index (χ0n) is 22.0. The quantitative estimate of drug-likeness (QED) is 0.258. The third kappa shape index (κ3) is 6.61. The molecular weight excluding hydrogens is 576 g/mol. The first-order valence-electron chi connectivity index (χ1n) is 12.2. The number of fused-ring (bicyclic) bond motifs is 1. The number of anilines is 1. The van der Waals surface area contributed by atoms with Crippen molar-refractivity contribution < 1.29 is 49.0 Å². The van der Waals surface area contributed by atoms with Crippen molar-refractivity contribution in [2.75, 3.05) is 10.8 Å². The predicted octanol–water partition coefficient (Wildman–Crippen LogP) is 7.07. The van der Waals surface area contributed by atoms with E-state index >= 15 is 0 Å². The number of ether oxygens (including phenoxy) is 2. The van der Waals surface area contributed by atoms with Gasteiger partial charge in [0.25, 0.3) is 10.0 Å². The second kappa shape index (κ2) is 10.9. The van der Waals surface area contributed by atoms with E-state index in [1.165, 1.54) is 25.1 Å². The number of hydrogen-bond donors (Lipinski definition) is 0. The van der Waals surface area contributed by atoms with Crippen molar-refractivity contribution in [1.29, 1.82) is 0 Å². The number of nitrogens with zero attached hydrogens (tertiary/aromatic N) is 1. The lowest BCUT2D eigenvalue weighted by Gasteiger charge is -2.38. The Hall–Kier alpha value is -3.74. The summed E-state index contributed by atoms with van der Waals surface area (Å²) in [5.74, 6) is -1.50. The number of benzene rings is 3. The molecule has 0 amide bonds. The van der Waals surface area contributed by atoms with E-state index in [2.05, 4.69) is 4.74 Å². The minimum absolute atomic E-state index is 0.0420. The molecule has 1 aliphatic rings. The summed E-state index contributed by atoms with van der Waals surface area (Å²) in [6.45, 7) is 1.13. The molecule has 0 bridgehead atoms. The molecule has 4 rings (SSSR count). The van der Waals surface area contributed by atoms with Crippen LogP contribution in [0.2, 0.25) is 0 Å². The van der Waals surface area contributed by atoms with E-state index in [0.717, 1.165) is 40.7 Å². The molecule has 1 atom stereocenters. The average molecular weight is 602 g/mol. The van der Waals surface area contributed by atoms with E-state index in [4.69, 9.17) is 4.74 Å². The Morgan fingerprint density at radius 2 is 1.76 bits per heavy atom. The zero-order valence-corrected chi connectivity index (χ0v) is 22.8. The van der Waals surface area contributed by atoms with Crippen molar-refractivity contribution >= 4 is 21.5 Å². The standard InChI is InChI=1S/C28H25F6NO5S/c1-16(36)27(2,3)14-22-15-35(41(37,38)23-6-4-5-19(12-23)28(32,33)34)24-11-17(7-8-25(24)39-22)18-9-20(29)13-21(10-18)40-26(30)31/h4-13,22,26H,14-15H2,1-3H3. The molecule has 0 fully saturated rings. The number of carbonyl (C=O) groups is 1. The van der Waals surface area contributed by atoms with E-state index < -0.39 is 56.4 Å². The van der Waals surface area contributed by atoms with Crippen molar-refractivity contribution in [2.24, 2.45) is 5.41 Å². The Morgan fingerprint density at radius 3 is 2.39 bits per heavy atom. The van der Waals surface area contributed by atoms with E-state index in [9.17, 15) is 39.6 Å². The molecular formula is C28H25F6NO5S. The molecule has 0 aliphatic carbocycles. The summed E-state index contributed by atoms with van der Waals surface area (Å²) in [4.78, 5) is 11.5. The van der Waals surface area contributed by atoms with Gasteiger partial charge in [0.1, 0.15) is 29.2 Å². The molecule has 0 saturated carbocycles. The zero-order chi connectivity index (χ0) is 30.3. The van der Waals surface area contributed by atoms with Crippen LogP contribution in [0.5, 0.6) is 11.5 Å². The van der Waals surface area contributed by atoms with Gasteiger partial charge in [-0.25, -0.2) is 12.8 Å². The van der Waals surface area contributed by atoms with Gasteiger partial charge in [0.2, 0.25) is 0 Å². The summed E-state index contributed by atoms with van der Waals surface area (Å²) in [5, 5.41) is 0. The Balaban J connectivity index is 1.84. The second-order valence-corrected chi connectivity index (χ2v) is 12.0. The maximum Gasteiger partial charge on any atom is 0.416 e. The monoisotopic (exact) mass is 601 g/mol. The van der Waals surface area contributed by atoms with Gasteiger partial charge < -0.3 is 9.47 Å². The molecule has 0 spiro atoms. The van der Waals surface area contributed by atoms with Gasteiger partial charge in [0, 0.05) is 11.5 Å². The fraction of sp³-hybridized carbons (Fsp3) is 0.321. The molecule has 1 heterocycles. The van der Waals surface area contributed by atoms with Crippen LogP contribution < -0.4 is 13.8 Å². The highest BCUT2D eigenvalue weighted by molar-refractivity contribution is 7.92. The molecule has 1 aliphatic heterocycles. The molecule has 1 unspecified atom stereocenters. The summed E-state index contributed by atoms with van der Waals surface area (Å²) in [5.41, 5.74) is -1.88. The molecule has 13 heteroatoms. The van der Waals surface area contributed by atoms with Gasteiger partial charge in [-0.3, -0.25) is 9.10 Å². The van der Waals surface area contributed by atoms with Gasteiger partial charge in [-0.15, -0.1) is 0 Å². The number of rotatable bonds is 8. The number of carbonyl (C=O) groups excluding carboxylic acids is 1. The lowest BCUT2D eigenvalue weighted by molar-refractivity contribution is -0.137. The van der Waals surface area contributed by atoms with Crippen LogP contribution in [0.1, 0.15) is 32.8 Å². The normalized spacial score (nSPS) is 15.9. The maximum absolute atomic E-state index is 14.2. The summed E-state index contributed by atoms with van der Waals surface area (Å²) in [7, 11) is -4.63. The van der Waals surface area contributed by atoms with Crippen LogP contribution in [0.15, 0.2) is 65.6 Å². The molecule has 6 nitrogen and oxygen atoms in total. The summed E-state index contributed by atoms with van der Waals surface area (Å²) in [6, 6.07) is 10.3. The highest BCUT2D eigenvalue weighted by Crippen LogP contribution is 2.43. The van der Waals surface area contributed by atoms with E-state index in [0.29, 0.717) is 6.07 Å². The van der Waals surface area contributed by atoms with E-state index in [1.807, 2.05) is 0 Å². The fourth-order valence-corrected chi connectivity index (χ4v) is 5.94. The topological polar surface area (TPSA) is 72.9 Å². The van der Waals surface area contributed by atoms with Gasteiger partial charge in [0.05, 0.1) is 22.7 Å². The SMILES string of the molecule is CC(=O)C(C)(C)CC1CN(S(=O)(=O)c2cccc(C(F)(F)F)c2)c2cc(-c3cc(F)cc(OC(F)F)c3)ccc2O1. The molecule has 0 N–H and O–H groups in total. The molecule has 0 aromatic heterocycles. The minimum atomic E-state index is -4.80. The molecule has 3 aromatic rings. The number of ketones is 1. The molecule has 0 saturated heterocycles. The van der Waals surface area contributed by atoms with Crippen molar-refractivity contribution in [1.82, 2.24) is 0 Å². The fourth-order valence-electron chi connectivity index (χ4n) is 4.40. The molecule has 41 heavy (non-hydrogen) atoms. The van der Waals surface area contributed by atoms with Crippen LogP contribution in [0, 0.1) is 11.2 Å². The van der Waals surface area contributed by atoms with Crippen LogP contribution in [0.4, 0.5) is 32.0 Å². The summed E-state index contributed by atoms with van der Waals surface area (Å²) in [6.07, 6.45) is -5.56.